The molecule has 0 aliphatic carbocycles. The molecule has 0 aromatic heterocycles. The van der Waals surface area contributed by atoms with Crippen LogP contribution in [0.4, 0.5) is 0 Å². The van der Waals surface area contributed by atoms with Gasteiger partial charge in [-0.25, -0.2) is 0 Å². The molecule has 0 aliphatic rings. The van der Waals surface area contributed by atoms with E-state index in [1.807, 2.05) is 11.8 Å². The van der Waals surface area contributed by atoms with Gasteiger partial charge in [-0.3, -0.25) is 9.59 Å². The summed E-state index contributed by atoms with van der Waals surface area (Å²) in [5.74, 6) is 0.682. The summed E-state index contributed by atoms with van der Waals surface area (Å²) in [4.78, 5) is 26.3. The number of carbonyl (C=O) groups excluding carboxylic acids is 2. The van der Waals surface area contributed by atoms with Crippen molar-refractivity contribution in [3.05, 3.63) is 35.4 Å². The molecule has 2 amide bonds. The quantitative estimate of drug-likeness (QED) is 0.616. The second-order valence-electron chi connectivity index (χ2n) is 7.34. The van der Waals surface area contributed by atoms with E-state index < -0.39 is 0 Å². The topological polar surface area (TPSA) is 49.4 Å². The first-order valence-electron chi connectivity index (χ1n) is 10.1. The number of nitrogens with zero attached hydrogens (tertiary/aromatic N) is 1. The van der Waals surface area contributed by atoms with Crippen LogP contribution in [0, 0.1) is 0 Å². The molecular weight excluding hydrogens is 324 g/mol. The highest BCUT2D eigenvalue weighted by Crippen LogP contribution is 2.18. The Morgan fingerprint density at radius 1 is 0.923 bits per heavy atom. The fourth-order valence-electron chi connectivity index (χ4n) is 3.03. The highest BCUT2D eigenvalue weighted by Gasteiger charge is 2.14. The van der Waals surface area contributed by atoms with E-state index in [0.29, 0.717) is 25.2 Å². The first-order valence-corrected chi connectivity index (χ1v) is 10.1. The second-order valence-corrected chi connectivity index (χ2v) is 7.34. The molecule has 0 saturated carbocycles. The summed E-state index contributed by atoms with van der Waals surface area (Å²) in [7, 11) is 0. The Morgan fingerprint density at radius 2 is 1.46 bits per heavy atom. The molecule has 1 rings (SSSR count). The minimum atomic E-state index is -0.0175. The lowest BCUT2D eigenvalue weighted by Crippen LogP contribution is -2.32. The third-order valence-electron chi connectivity index (χ3n) is 4.61. The summed E-state index contributed by atoms with van der Waals surface area (Å²) in [6, 6.07) is 8.39. The SMILES string of the molecule is CCCN(CCC)C(=O)CCCC(=O)NC(C)c1ccc(C(C)C)cc1. The van der Waals surface area contributed by atoms with Crippen LogP contribution < -0.4 is 5.32 Å². The standard InChI is InChI=1S/C22H36N2O2/c1-6-15-24(16-7-2)22(26)10-8-9-21(25)23-18(5)20-13-11-19(12-14-20)17(3)4/h11-14,17-18H,6-10,15-16H2,1-5H3,(H,23,25). The van der Waals surface area contributed by atoms with Gasteiger partial charge in [0.1, 0.15) is 0 Å². The molecule has 0 heterocycles. The maximum absolute atomic E-state index is 12.2. The summed E-state index contributed by atoms with van der Waals surface area (Å²) >= 11 is 0. The average molecular weight is 361 g/mol. The van der Waals surface area contributed by atoms with E-state index in [4.69, 9.17) is 0 Å². The van der Waals surface area contributed by atoms with E-state index in [9.17, 15) is 9.59 Å². The normalized spacial score (nSPS) is 12.1. The highest BCUT2D eigenvalue weighted by molar-refractivity contribution is 5.79. The lowest BCUT2D eigenvalue weighted by Gasteiger charge is -2.21. The second kappa shape index (κ2) is 11.7. The fourth-order valence-corrected chi connectivity index (χ4v) is 3.03. The molecule has 1 N–H and O–H groups in total. The van der Waals surface area contributed by atoms with Crippen molar-refractivity contribution in [1.82, 2.24) is 10.2 Å². The van der Waals surface area contributed by atoms with Crippen LogP contribution in [0.5, 0.6) is 0 Å². The predicted molar refractivity (Wildman–Crippen MR) is 108 cm³/mol. The van der Waals surface area contributed by atoms with E-state index >= 15 is 0 Å². The molecule has 4 nitrogen and oxygen atoms in total. The lowest BCUT2D eigenvalue weighted by atomic mass is 9.99. The van der Waals surface area contributed by atoms with Crippen molar-refractivity contribution >= 4 is 11.8 Å². The summed E-state index contributed by atoms with van der Waals surface area (Å²) in [6.45, 7) is 12.1. The van der Waals surface area contributed by atoms with Crippen LogP contribution in [0.1, 0.15) is 89.8 Å². The third kappa shape index (κ3) is 7.59. The van der Waals surface area contributed by atoms with Crippen molar-refractivity contribution in [2.45, 2.75) is 78.7 Å². The Kier molecular flexibility index (Phi) is 10.0. The molecule has 4 heteroatoms. The number of amides is 2. The largest absolute Gasteiger partial charge is 0.350 e. The van der Waals surface area contributed by atoms with Crippen LogP contribution in [-0.4, -0.2) is 29.8 Å². The van der Waals surface area contributed by atoms with Gasteiger partial charge in [0.15, 0.2) is 0 Å². The van der Waals surface area contributed by atoms with Crippen molar-refractivity contribution in [2.24, 2.45) is 0 Å². The summed E-state index contributed by atoms with van der Waals surface area (Å²) in [5.41, 5.74) is 2.41. The number of hydrogen-bond donors (Lipinski definition) is 1. The van der Waals surface area contributed by atoms with Gasteiger partial charge in [-0.2, -0.15) is 0 Å². The predicted octanol–water partition coefficient (Wildman–Crippen LogP) is 4.81. The first kappa shape index (κ1) is 22.2. The Balaban J connectivity index is 2.40. The van der Waals surface area contributed by atoms with Crippen LogP contribution in [0.25, 0.3) is 0 Å². The van der Waals surface area contributed by atoms with E-state index in [1.165, 1.54) is 5.56 Å². The molecule has 0 spiro atoms. The molecule has 0 radical (unpaired) electrons. The maximum atomic E-state index is 12.2. The van der Waals surface area contributed by atoms with Crippen molar-refractivity contribution in [2.75, 3.05) is 13.1 Å². The summed E-state index contributed by atoms with van der Waals surface area (Å²) in [5, 5.41) is 3.03. The smallest absolute Gasteiger partial charge is 0.222 e. The van der Waals surface area contributed by atoms with Crippen molar-refractivity contribution < 1.29 is 9.59 Å². The molecule has 26 heavy (non-hydrogen) atoms. The zero-order valence-electron chi connectivity index (χ0n) is 17.2. The maximum Gasteiger partial charge on any atom is 0.222 e. The van der Waals surface area contributed by atoms with Gasteiger partial charge in [-0.1, -0.05) is 52.0 Å². The first-order chi connectivity index (χ1) is 12.4. The Bertz CT molecular complexity index is 546. The highest BCUT2D eigenvalue weighted by atomic mass is 16.2. The van der Waals surface area contributed by atoms with E-state index in [2.05, 4.69) is 57.3 Å². The molecule has 1 aromatic carbocycles. The van der Waals surface area contributed by atoms with Gasteiger partial charge in [-0.05, 0) is 43.2 Å². The van der Waals surface area contributed by atoms with Gasteiger partial charge >= 0.3 is 0 Å². The van der Waals surface area contributed by atoms with Gasteiger partial charge in [0.2, 0.25) is 11.8 Å². The molecule has 0 fully saturated rings. The monoisotopic (exact) mass is 360 g/mol. The van der Waals surface area contributed by atoms with Crippen LogP contribution in [-0.2, 0) is 9.59 Å². The molecular formula is C22H36N2O2. The number of nitrogens with one attached hydrogen (secondary N) is 1. The van der Waals surface area contributed by atoms with Crippen LogP contribution in [0.3, 0.4) is 0 Å². The van der Waals surface area contributed by atoms with Gasteiger partial charge in [0, 0.05) is 25.9 Å². The van der Waals surface area contributed by atoms with E-state index in [0.717, 1.165) is 31.5 Å². The Morgan fingerprint density at radius 3 is 1.96 bits per heavy atom. The third-order valence-corrected chi connectivity index (χ3v) is 4.61. The van der Waals surface area contributed by atoms with Gasteiger partial charge in [0.25, 0.3) is 0 Å². The molecule has 1 unspecified atom stereocenters. The summed E-state index contributed by atoms with van der Waals surface area (Å²) < 4.78 is 0. The van der Waals surface area contributed by atoms with Gasteiger partial charge in [-0.15, -0.1) is 0 Å². The fraction of sp³-hybridized carbons (Fsp3) is 0.636. The number of hydrogen-bond acceptors (Lipinski definition) is 2. The number of benzene rings is 1. The molecule has 1 aromatic rings. The lowest BCUT2D eigenvalue weighted by molar-refractivity contribution is -0.131. The minimum Gasteiger partial charge on any atom is -0.350 e. The van der Waals surface area contributed by atoms with E-state index in [-0.39, 0.29) is 17.9 Å². The number of rotatable bonds is 11. The van der Waals surface area contributed by atoms with Crippen molar-refractivity contribution in [3.8, 4) is 0 Å². The summed E-state index contributed by atoms with van der Waals surface area (Å²) in [6.07, 6.45) is 3.39. The zero-order chi connectivity index (χ0) is 19.5. The van der Waals surface area contributed by atoms with E-state index in [1.54, 1.807) is 0 Å². The van der Waals surface area contributed by atoms with Crippen LogP contribution in [0.15, 0.2) is 24.3 Å². The van der Waals surface area contributed by atoms with Crippen molar-refractivity contribution in [1.29, 1.82) is 0 Å². The molecule has 146 valence electrons. The van der Waals surface area contributed by atoms with Crippen LogP contribution >= 0.6 is 0 Å². The van der Waals surface area contributed by atoms with Crippen molar-refractivity contribution in [3.63, 3.8) is 0 Å². The molecule has 0 bridgehead atoms. The Hall–Kier alpha value is -1.84. The van der Waals surface area contributed by atoms with Crippen LogP contribution in [0.2, 0.25) is 0 Å². The molecule has 0 saturated heterocycles. The van der Waals surface area contributed by atoms with Gasteiger partial charge < -0.3 is 10.2 Å². The molecule has 0 aliphatic heterocycles. The zero-order valence-corrected chi connectivity index (χ0v) is 17.2. The average Bonchev–Trinajstić information content (AvgIpc) is 2.61. The molecule has 1 atom stereocenters. The Labute approximate surface area is 159 Å². The minimum absolute atomic E-state index is 0.00997. The van der Waals surface area contributed by atoms with Gasteiger partial charge in [0.05, 0.1) is 6.04 Å². The number of carbonyl (C=O) groups is 2.